The van der Waals surface area contributed by atoms with Crippen LogP contribution in [0.2, 0.25) is 5.02 Å². The van der Waals surface area contributed by atoms with Gasteiger partial charge in [0.05, 0.1) is 6.54 Å². The van der Waals surface area contributed by atoms with Crippen molar-refractivity contribution in [3.05, 3.63) is 28.5 Å². The zero-order valence-electron chi connectivity index (χ0n) is 12.0. The van der Waals surface area contributed by atoms with E-state index in [0.717, 1.165) is 16.8 Å². The van der Waals surface area contributed by atoms with Gasteiger partial charge in [-0.05, 0) is 25.1 Å². The van der Waals surface area contributed by atoms with Crippen LogP contribution >= 0.6 is 11.6 Å². The summed E-state index contributed by atoms with van der Waals surface area (Å²) in [4.78, 5) is -0.457. The minimum Gasteiger partial charge on any atom is -0.313 e. The number of hydrogen-bond acceptors (Lipinski definition) is 3. The number of nitrogens with one attached hydrogen (secondary N) is 1. The standard InChI is InChI=1S/C14H18ClFN2O2S/c1-4-6-17-10-11-8-12(15)9-13(14(11)16)21(19,20)18(3)7-5-2/h2,8-9,17H,4,6-7,10H2,1,3H3. The van der Waals surface area contributed by atoms with E-state index < -0.39 is 20.7 Å². The molecule has 0 fully saturated rings. The van der Waals surface area contributed by atoms with Crippen LogP contribution in [0.5, 0.6) is 0 Å². The van der Waals surface area contributed by atoms with E-state index in [1.165, 1.54) is 13.1 Å². The van der Waals surface area contributed by atoms with Gasteiger partial charge in [-0.3, -0.25) is 0 Å². The molecule has 0 aliphatic heterocycles. The van der Waals surface area contributed by atoms with Crippen molar-refractivity contribution >= 4 is 21.6 Å². The number of terminal acetylenes is 1. The van der Waals surface area contributed by atoms with Crippen LogP contribution in [0, 0.1) is 18.2 Å². The number of sulfonamides is 1. The van der Waals surface area contributed by atoms with Gasteiger partial charge in [-0.2, -0.15) is 4.31 Å². The molecule has 0 aromatic heterocycles. The van der Waals surface area contributed by atoms with Gasteiger partial charge in [0.25, 0.3) is 0 Å². The maximum absolute atomic E-state index is 14.4. The summed E-state index contributed by atoms with van der Waals surface area (Å²) in [6.45, 7) is 2.75. The predicted molar refractivity (Wildman–Crippen MR) is 82.1 cm³/mol. The lowest BCUT2D eigenvalue weighted by molar-refractivity contribution is 0.489. The highest BCUT2D eigenvalue weighted by molar-refractivity contribution is 7.89. The van der Waals surface area contributed by atoms with E-state index in [2.05, 4.69) is 11.2 Å². The maximum Gasteiger partial charge on any atom is 0.246 e. The zero-order valence-corrected chi connectivity index (χ0v) is 13.6. The predicted octanol–water partition coefficient (Wildman–Crippen LogP) is 2.23. The van der Waals surface area contributed by atoms with Gasteiger partial charge in [-0.1, -0.05) is 24.4 Å². The van der Waals surface area contributed by atoms with Gasteiger partial charge < -0.3 is 5.32 Å². The first-order valence-corrected chi connectivity index (χ1v) is 8.24. The molecule has 0 saturated carbocycles. The van der Waals surface area contributed by atoms with E-state index in [9.17, 15) is 12.8 Å². The van der Waals surface area contributed by atoms with Crippen molar-refractivity contribution in [1.82, 2.24) is 9.62 Å². The van der Waals surface area contributed by atoms with Crippen molar-refractivity contribution in [3.8, 4) is 12.3 Å². The average Bonchev–Trinajstić information content (AvgIpc) is 2.42. The van der Waals surface area contributed by atoms with Crippen LogP contribution < -0.4 is 5.32 Å². The monoisotopic (exact) mass is 332 g/mol. The highest BCUT2D eigenvalue weighted by Crippen LogP contribution is 2.25. The van der Waals surface area contributed by atoms with E-state index in [-0.39, 0.29) is 23.7 Å². The Balaban J connectivity index is 3.22. The fraction of sp³-hybridized carbons (Fsp3) is 0.429. The molecule has 0 spiro atoms. The second-order valence-electron chi connectivity index (χ2n) is 4.52. The van der Waals surface area contributed by atoms with E-state index in [1.54, 1.807) is 0 Å². The summed E-state index contributed by atoms with van der Waals surface area (Å²) in [5.41, 5.74) is 0.212. The largest absolute Gasteiger partial charge is 0.313 e. The van der Waals surface area contributed by atoms with Crippen LogP contribution in [0.1, 0.15) is 18.9 Å². The first-order valence-electron chi connectivity index (χ1n) is 6.43. The molecule has 116 valence electrons. The highest BCUT2D eigenvalue weighted by Gasteiger charge is 2.26. The molecule has 21 heavy (non-hydrogen) atoms. The maximum atomic E-state index is 14.4. The molecule has 4 nitrogen and oxygen atoms in total. The van der Waals surface area contributed by atoms with Gasteiger partial charge in [0.15, 0.2) is 0 Å². The second kappa shape index (κ2) is 7.76. The summed E-state index contributed by atoms with van der Waals surface area (Å²) in [6, 6.07) is 2.52. The number of halogens is 2. The number of benzene rings is 1. The quantitative estimate of drug-likeness (QED) is 0.615. The number of hydrogen-bond donors (Lipinski definition) is 1. The van der Waals surface area contributed by atoms with Gasteiger partial charge in [-0.15, -0.1) is 6.42 Å². The van der Waals surface area contributed by atoms with Crippen LogP contribution in [0.25, 0.3) is 0 Å². The Morgan fingerprint density at radius 3 is 2.71 bits per heavy atom. The third-order valence-corrected chi connectivity index (χ3v) is 4.84. The SMILES string of the molecule is C#CCN(C)S(=O)(=O)c1cc(Cl)cc(CNCCC)c1F. The summed E-state index contributed by atoms with van der Waals surface area (Å²) in [5.74, 6) is 1.41. The Morgan fingerprint density at radius 1 is 1.48 bits per heavy atom. The van der Waals surface area contributed by atoms with Crippen molar-refractivity contribution in [2.45, 2.75) is 24.8 Å². The number of rotatable bonds is 7. The molecule has 0 heterocycles. The lowest BCUT2D eigenvalue weighted by Gasteiger charge is -2.16. The Kier molecular flexibility index (Phi) is 6.62. The van der Waals surface area contributed by atoms with Crippen molar-refractivity contribution in [3.63, 3.8) is 0 Å². The molecule has 0 saturated heterocycles. The van der Waals surface area contributed by atoms with Gasteiger partial charge in [-0.25, -0.2) is 12.8 Å². The summed E-state index contributed by atoms with van der Waals surface area (Å²) in [6.07, 6.45) is 5.98. The van der Waals surface area contributed by atoms with Crippen LogP contribution in [-0.4, -0.2) is 32.9 Å². The first-order chi connectivity index (χ1) is 9.84. The molecule has 0 radical (unpaired) electrons. The van der Waals surface area contributed by atoms with Gasteiger partial charge in [0.2, 0.25) is 10.0 Å². The lowest BCUT2D eigenvalue weighted by atomic mass is 10.2. The Labute approximate surface area is 130 Å². The Bertz CT molecular complexity index is 641. The van der Waals surface area contributed by atoms with E-state index in [1.807, 2.05) is 6.92 Å². The van der Waals surface area contributed by atoms with Crippen molar-refractivity contribution in [2.75, 3.05) is 20.1 Å². The van der Waals surface area contributed by atoms with Gasteiger partial charge in [0, 0.05) is 24.2 Å². The van der Waals surface area contributed by atoms with E-state index in [0.29, 0.717) is 6.54 Å². The minimum atomic E-state index is -4.00. The van der Waals surface area contributed by atoms with E-state index >= 15 is 0 Å². The number of nitrogens with zero attached hydrogens (tertiary/aromatic N) is 1. The molecule has 0 atom stereocenters. The first kappa shape index (κ1) is 17.9. The molecule has 7 heteroatoms. The molecule has 0 unspecified atom stereocenters. The van der Waals surface area contributed by atoms with Crippen LogP contribution in [-0.2, 0) is 16.6 Å². The smallest absolute Gasteiger partial charge is 0.246 e. The normalized spacial score (nSPS) is 11.6. The van der Waals surface area contributed by atoms with Crippen molar-refractivity contribution < 1.29 is 12.8 Å². The molecule has 0 bridgehead atoms. The summed E-state index contributed by atoms with van der Waals surface area (Å²) in [7, 11) is -2.71. The Morgan fingerprint density at radius 2 is 2.14 bits per heavy atom. The molecule has 1 aromatic rings. The van der Waals surface area contributed by atoms with Gasteiger partial charge in [0.1, 0.15) is 10.7 Å². The van der Waals surface area contributed by atoms with Crippen LogP contribution in [0.4, 0.5) is 4.39 Å². The highest BCUT2D eigenvalue weighted by atomic mass is 35.5. The second-order valence-corrected chi connectivity index (χ2v) is 6.97. The lowest BCUT2D eigenvalue weighted by Crippen LogP contribution is -2.28. The van der Waals surface area contributed by atoms with Gasteiger partial charge >= 0.3 is 0 Å². The molecule has 1 N–H and O–H groups in total. The third-order valence-electron chi connectivity index (χ3n) is 2.82. The molecular weight excluding hydrogens is 315 g/mol. The summed E-state index contributed by atoms with van der Waals surface area (Å²) < 4.78 is 39.9. The molecule has 0 aliphatic carbocycles. The van der Waals surface area contributed by atoms with Crippen molar-refractivity contribution in [1.29, 1.82) is 0 Å². The fourth-order valence-corrected chi connectivity index (χ4v) is 3.24. The molecule has 0 amide bonds. The fourth-order valence-electron chi connectivity index (χ4n) is 1.72. The van der Waals surface area contributed by atoms with Crippen LogP contribution in [0.3, 0.4) is 0 Å². The van der Waals surface area contributed by atoms with Crippen LogP contribution in [0.15, 0.2) is 17.0 Å². The summed E-state index contributed by atoms with van der Waals surface area (Å²) in [5, 5.41) is 3.18. The third kappa shape index (κ3) is 4.42. The molecule has 0 aliphatic rings. The minimum absolute atomic E-state index is 0.141. The molecule has 1 rings (SSSR count). The Hall–Kier alpha value is -1.13. The molecular formula is C14H18ClFN2O2S. The molecule has 1 aromatic carbocycles. The topological polar surface area (TPSA) is 49.4 Å². The van der Waals surface area contributed by atoms with Crippen molar-refractivity contribution in [2.24, 2.45) is 0 Å². The zero-order chi connectivity index (χ0) is 16.0. The summed E-state index contributed by atoms with van der Waals surface area (Å²) >= 11 is 5.90. The average molecular weight is 333 g/mol. The van der Waals surface area contributed by atoms with E-state index in [4.69, 9.17) is 18.0 Å².